The lowest BCUT2D eigenvalue weighted by molar-refractivity contribution is 0.0731. The highest BCUT2D eigenvalue weighted by atomic mass is 16.5. The molecule has 166 valence electrons. The molecule has 1 unspecified atom stereocenters. The number of likely N-dealkylation sites (N-methyl/N-ethyl adjacent to an activating group) is 1. The number of ether oxygens (including phenoxy) is 1. The van der Waals surface area contributed by atoms with Gasteiger partial charge in [-0.05, 0) is 67.0 Å². The van der Waals surface area contributed by atoms with E-state index < -0.39 is 0 Å². The van der Waals surface area contributed by atoms with E-state index in [1.807, 2.05) is 18.0 Å². The number of hydrogen-bond donors (Lipinski definition) is 1. The molecule has 1 atom stereocenters. The molecule has 0 saturated heterocycles. The second-order valence-electron chi connectivity index (χ2n) is 9.07. The molecule has 31 heavy (non-hydrogen) atoms. The summed E-state index contributed by atoms with van der Waals surface area (Å²) in [5.74, 6) is 1.67. The molecule has 1 saturated carbocycles. The molecule has 1 aromatic carbocycles. The fourth-order valence-corrected chi connectivity index (χ4v) is 4.25. The van der Waals surface area contributed by atoms with Crippen LogP contribution in [0, 0.1) is 5.92 Å². The number of carbonyl (C=O) groups is 1. The normalized spacial score (nSPS) is 17.4. The maximum absolute atomic E-state index is 13.0. The monoisotopic (exact) mass is 421 g/mol. The Kier molecular flexibility index (Phi) is 7.23. The predicted octanol–water partition coefficient (Wildman–Crippen LogP) is 4.39. The van der Waals surface area contributed by atoms with Crippen molar-refractivity contribution in [3.05, 3.63) is 58.9 Å². The van der Waals surface area contributed by atoms with Crippen LogP contribution in [0.1, 0.15) is 66.2 Å². The van der Waals surface area contributed by atoms with Gasteiger partial charge in [0, 0.05) is 19.6 Å². The molecule has 1 heterocycles. The van der Waals surface area contributed by atoms with E-state index >= 15 is 0 Å². The van der Waals surface area contributed by atoms with E-state index in [-0.39, 0.29) is 11.9 Å². The third-order valence-electron chi connectivity index (χ3n) is 6.53. The molecule has 0 radical (unpaired) electrons. The van der Waals surface area contributed by atoms with E-state index in [1.54, 1.807) is 12.3 Å². The van der Waals surface area contributed by atoms with Crippen LogP contribution in [-0.4, -0.2) is 42.0 Å². The molecular weight excluding hydrogens is 386 g/mol. The van der Waals surface area contributed by atoms with E-state index in [2.05, 4.69) is 35.4 Å². The van der Waals surface area contributed by atoms with Crippen LogP contribution in [0.15, 0.2) is 36.5 Å². The molecule has 2 aromatic rings. The molecule has 0 spiro atoms. The van der Waals surface area contributed by atoms with Crippen LogP contribution < -0.4 is 10.1 Å². The van der Waals surface area contributed by atoms with Crippen molar-refractivity contribution in [3.8, 4) is 5.75 Å². The molecule has 1 fully saturated rings. The summed E-state index contributed by atoms with van der Waals surface area (Å²) >= 11 is 0. The van der Waals surface area contributed by atoms with Crippen LogP contribution in [0.2, 0.25) is 0 Å². The number of hydrogen-bond acceptors (Lipinski definition) is 4. The van der Waals surface area contributed by atoms with Crippen LogP contribution in [-0.2, 0) is 19.4 Å². The van der Waals surface area contributed by atoms with E-state index in [0.29, 0.717) is 12.3 Å². The van der Waals surface area contributed by atoms with E-state index in [9.17, 15) is 4.79 Å². The lowest BCUT2D eigenvalue weighted by Crippen LogP contribution is -2.38. The zero-order chi connectivity index (χ0) is 21.6. The number of unbranched alkanes of at least 4 members (excludes halogenated alkanes) is 1. The number of amides is 1. The average molecular weight is 422 g/mol. The Balaban J connectivity index is 1.29. The van der Waals surface area contributed by atoms with Gasteiger partial charge in [0.25, 0.3) is 5.91 Å². The Morgan fingerprint density at radius 3 is 2.77 bits per heavy atom. The van der Waals surface area contributed by atoms with Gasteiger partial charge in [-0.25, -0.2) is 4.98 Å². The first-order chi connectivity index (χ1) is 15.1. The topological polar surface area (TPSA) is 54.5 Å². The van der Waals surface area contributed by atoms with Gasteiger partial charge in [-0.15, -0.1) is 0 Å². The minimum absolute atomic E-state index is 0.0279. The van der Waals surface area contributed by atoms with Gasteiger partial charge in [-0.2, -0.15) is 0 Å². The van der Waals surface area contributed by atoms with Gasteiger partial charge in [-0.3, -0.25) is 4.79 Å². The van der Waals surface area contributed by atoms with Gasteiger partial charge in [0.05, 0.1) is 12.8 Å². The summed E-state index contributed by atoms with van der Waals surface area (Å²) in [5, 5.41) is 3.58. The van der Waals surface area contributed by atoms with Crippen molar-refractivity contribution in [2.24, 2.45) is 5.92 Å². The molecule has 1 amide bonds. The Hall–Kier alpha value is -2.40. The fraction of sp³-hybridized carbons (Fsp3) is 0.538. The lowest BCUT2D eigenvalue weighted by atomic mass is 10.1. The van der Waals surface area contributed by atoms with Crippen LogP contribution in [0.4, 0.5) is 0 Å². The van der Waals surface area contributed by atoms with Crippen LogP contribution in [0.25, 0.3) is 0 Å². The summed E-state index contributed by atoms with van der Waals surface area (Å²) in [6.45, 7) is 4.85. The van der Waals surface area contributed by atoms with Crippen LogP contribution in [0.5, 0.6) is 5.75 Å². The molecule has 1 N–H and O–H groups in total. The molecule has 2 aliphatic rings. The standard InChI is InChI=1S/C26H35N3O2/c1-3-4-13-31-24-9-10-25(28-18-24)26(30)29(2)23-15-21-8-7-20(14-22(21)16-23)17-27-12-11-19-5-6-19/h7-10,14,18-19,23,27H,3-6,11-13,15-17H2,1-2H3. The van der Waals surface area contributed by atoms with Gasteiger partial charge in [-0.1, -0.05) is 44.4 Å². The molecule has 2 aliphatic carbocycles. The highest BCUT2D eigenvalue weighted by Crippen LogP contribution is 2.31. The first-order valence-corrected chi connectivity index (χ1v) is 11.8. The molecule has 1 aromatic heterocycles. The maximum Gasteiger partial charge on any atom is 0.272 e. The summed E-state index contributed by atoms with van der Waals surface area (Å²) < 4.78 is 5.65. The molecule has 5 nitrogen and oxygen atoms in total. The van der Waals surface area contributed by atoms with E-state index in [1.165, 1.54) is 36.0 Å². The van der Waals surface area contributed by atoms with E-state index in [0.717, 1.165) is 50.4 Å². The van der Waals surface area contributed by atoms with E-state index in [4.69, 9.17) is 4.74 Å². The molecular formula is C26H35N3O2. The van der Waals surface area contributed by atoms with Gasteiger partial charge in [0.2, 0.25) is 0 Å². The first-order valence-electron chi connectivity index (χ1n) is 11.8. The summed E-state index contributed by atoms with van der Waals surface area (Å²) in [7, 11) is 1.90. The van der Waals surface area contributed by atoms with Crippen molar-refractivity contribution < 1.29 is 9.53 Å². The Morgan fingerprint density at radius 2 is 2.03 bits per heavy atom. The summed E-state index contributed by atoms with van der Waals surface area (Å²) in [5.41, 5.74) is 4.55. The highest BCUT2D eigenvalue weighted by molar-refractivity contribution is 5.92. The number of aromatic nitrogens is 1. The minimum atomic E-state index is -0.0279. The number of fused-ring (bicyclic) bond motifs is 1. The minimum Gasteiger partial charge on any atom is -0.492 e. The summed E-state index contributed by atoms with van der Waals surface area (Å²) in [6, 6.07) is 10.6. The quantitative estimate of drug-likeness (QED) is 0.547. The first kappa shape index (κ1) is 21.8. The smallest absolute Gasteiger partial charge is 0.272 e. The summed E-state index contributed by atoms with van der Waals surface area (Å²) in [6.07, 6.45) is 9.72. The Bertz CT molecular complexity index is 877. The number of rotatable bonds is 11. The van der Waals surface area contributed by atoms with Crippen molar-refractivity contribution in [1.29, 1.82) is 0 Å². The largest absolute Gasteiger partial charge is 0.492 e. The number of nitrogens with zero attached hydrogens (tertiary/aromatic N) is 2. The molecule has 5 heteroatoms. The van der Waals surface area contributed by atoms with Gasteiger partial charge in [0.1, 0.15) is 11.4 Å². The Labute approximate surface area is 186 Å². The third-order valence-corrected chi connectivity index (χ3v) is 6.53. The fourth-order valence-electron chi connectivity index (χ4n) is 4.25. The lowest BCUT2D eigenvalue weighted by Gasteiger charge is -2.24. The second kappa shape index (κ2) is 10.3. The SMILES string of the molecule is CCCCOc1ccc(C(=O)N(C)C2Cc3ccc(CNCCC4CC4)cc3C2)nc1. The van der Waals surface area contributed by atoms with Gasteiger partial charge < -0.3 is 15.0 Å². The highest BCUT2D eigenvalue weighted by Gasteiger charge is 2.28. The summed E-state index contributed by atoms with van der Waals surface area (Å²) in [4.78, 5) is 19.2. The number of carbonyl (C=O) groups excluding carboxylic acids is 1. The molecule has 4 rings (SSSR count). The average Bonchev–Trinajstić information content (AvgIpc) is 3.52. The molecule has 0 aliphatic heterocycles. The van der Waals surface area contributed by atoms with Crippen LogP contribution in [0.3, 0.4) is 0 Å². The van der Waals surface area contributed by atoms with Crippen molar-refractivity contribution in [2.75, 3.05) is 20.2 Å². The Morgan fingerprint density at radius 1 is 1.19 bits per heavy atom. The predicted molar refractivity (Wildman–Crippen MR) is 123 cm³/mol. The maximum atomic E-state index is 13.0. The van der Waals surface area contributed by atoms with Crippen LogP contribution >= 0.6 is 0 Å². The van der Waals surface area contributed by atoms with Crippen molar-refractivity contribution in [1.82, 2.24) is 15.2 Å². The number of pyridine rings is 1. The molecule has 0 bridgehead atoms. The zero-order valence-electron chi connectivity index (χ0n) is 18.9. The van der Waals surface area contributed by atoms with Crippen molar-refractivity contribution >= 4 is 5.91 Å². The van der Waals surface area contributed by atoms with Gasteiger partial charge >= 0.3 is 0 Å². The third kappa shape index (κ3) is 5.85. The van der Waals surface area contributed by atoms with Crippen molar-refractivity contribution in [2.45, 2.75) is 64.5 Å². The second-order valence-corrected chi connectivity index (χ2v) is 9.07. The van der Waals surface area contributed by atoms with Gasteiger partial charge in [0.15, 0.2) is 0 Å². The number of nitrogens with one attached hydrogen (secondary N) is 1. The van der Waals surface area contributed by atoms with Crippen molar-refractivity contribution in [3.63, 3.8) is 0 Å². The zero-order valence-corrected chi connectivity index (χ0v) is 18.9. The number of benzene rings is 1.